The summed E-state index contributed by atoms with van der Waals surface area (Å²) in [6, 6.07) is 0. The number of aliphatic hydroxyl groups is 3. The van der Waals surface area contributed by atoms with Gasteiger partial charge < -0.3 is 24.8 Å². The van der Waals surface area contributed by atoms with Crippen molar-refractivity contribution in [2.24, 2.45) is 0 Å². The Kier molecular flexibility index (Phi) is 3.90. The Morgan fingerprint density at radius 3 is 2.44 bits per heavy atom. The summed E-state index contributed by atoms with van der Waals surface area (Å²) in [5, 5.41) is 27.2. The van der Waals surface area contributed by atoms with Gasteiger partial charge in [-0.15, -0.1) is 0 Å². The summed E-state index contributed by atoms with van der Waals surface area (Å²) in [6.07, 6.45) is -1.39. The fraction of sp³-hybridized carbons (Fsp3) is 0.700. The van der Waals surface area contributed by atoms with Gasteiger partial charge in [0, 0.05) is 20.3 Å². The first-order valence-electron chi connectivity index (χ1n) is 4.93. The van der Waals surface area contributed by atoms with Crippen molar-refractivity contribution in [2.45, 2.75) is 38.3 Å². The highest BCUT2D eigenvalue weighted by Gasteiger charge is 2.31. The quantitative estimate of drug-likeness (QED) is 0.554. The van der Waals surface area contributed by atoms with Crippen molar-refractivity contribution in [1.82, 2.24) is 0 Å². The van der Waals surface area contributed by atoms with Crippen LogP contribution in [-0.2, 0) is 14.3 Å². The summed E-state index contributed by atoms with van der Waals surface area (Å²) in [6.45, 7) is 2.57. The van der Waals surface area contributed by atoms with Gasteiger partial charge in [0.15, 0.2) is 0 Å². The second-order valence-electron chi connectivity index (χ2n) is 4.06. The number of hydrogen-bond donors (Lipinski definition) is 3. The molecule has 1 rings (SSSR count). The van der Waals surface area contributed by atoms with Crippen LogP contribution in [0.25, 0.3) is 0 Å². The number of cyclic esters (lactones) is 1. The predicted octanol–water partition coefficient (Wildman–Crippen LogP) is -0.716. The molecule has 1 heterocycles. The summed E-state index contributed by atoms with van der Waals surface area (Å²) < 4.78 is 10.1. The van der Waals surface area contributed by atoms with E-state index >= 15 is 0 Å². The third-order valence-corrected chi connectivity index (χ3v) is 2.04. The van der Waals surface area contributed by atoms with Gasteiger partial charge in [-0.1, -0.05) is 0 Å². The molecule has 1 aliphatic rings. The van der Waals surface area contributed by atoms with E-state index in [2.05, 4.69) is 0 Å². The van der Waals surface area contributed by atoms with Crippen molar-refractivity contribution < 1.29 is 29.6 Å². The average molecular weight is 232 g/mol. The van der Waals surface area contributed by atoms with E-state index in [1.54, 1.807) is 13.8 Å². The molecule has 0 spiro atoms. The molecule has 16 heavy (non-hydrogen) atoms. The zero-order valence-corrected chi connectivity index (χ0v) is 9.21. The van der Waals surface area contributed by atoms with Crippen LogP contribution < -0.4 is 0 Å². The Bertz CT molecular complexity index is 296. The van der Waals surface area contributed by atoms with Crippen molar-refractivity contribution >= 4 is 5.97 Å². The fourth-order valence-corrected chi connectivity index (χ4v) is 1.33. The third-order valence-electron chi connectivity index (χ3n) is 2.04. The van der Waals surface area contributed by atoms with Gasteiger partial charge in [0.1, 0.15) is 11.9 Å². The van der Waals surface area contributed by atoms with Gasteiger partial charge in [0.05, 0.1) is 18.8 Å². The molecule has 0 aromatic carbocycles. The Morgan fingerprint density at radius 2 is 1.94 bits per heavy atom. The molecular weight excluding hydrogens is 216 g/mol. The molecule has 0 amide bonds. The summed E-state index contributed by atoms with van der Waals surface area (Å²) in [5.41, 5.74) is 0. The van der Waals surface area contributed by atoms with Crippen LogP contribution in [0.5, 0.6) is 0 Å². The van der Waals surface area contributed by atoms with Crippen LogP contribution in [-0.4, -0.2) is 45.9 Å². The first-order valence-corrected chi connectivity index (χ1v) is 4.93. The highest BCUT2D eigenvalue weighted by Crippen LogP contribution is 2.25. The second-order valence-corrected chi connectivity index (χ2v) is 4.06. The zero-order valence-electron chi connectivity index (χ0n) is 9.21. The minimum atomic E-state index is -1.26. The van der Waals surface area contributed by atoms with Gasteiger partial charge in [-0.05, 0) is 0 Å². The van der Waals surface area contributed by atoms with E-state index in [0.717, 1.165) is 6.08 Å². The molecule has 0 unspecified atom stereocenters. The van der Waals surface area contributed by atoms with Crippen molar-refractivity contribution in [3.8, 4) is 0 Å². The molecule has 6 heteroatoms. The van der Waals surface area contributed by atoms with Crippen LogP contribution in [0.2, 0.25) is 0 Å². The molecule has 6 nitrogen and oxygen atoms in total. The average Bonchev–Trinajstić information content (AvgIpc) is 2.12. The Balaban J connectivity index is 2.64. The number of ether oxygens (including phenoxy) is 2. The summed E-state index contributed by atoms with van der Waals surface area (Å²) in [7, 11) is 0. The summed E-state index contributed by atoms with van der Waals surface area (Å²) in [4.78, 5) is 11.1. The zero-order chi connectivity index (χ0) is 12.3. The first kappa shape index (κ1) is 13.0. The number of carbonyl (C=O) groups is 1. The lowest BCUT2D eigenvalue weighted by Crippen LogP contribution is -2.37. The van der Waals surface area contributed by atoms with Crippen molar-refractivity contribution in [2.75, 3.05) is 6.61 Å². The van der Waals surface area contributed by atoms with E-state index in [4.69, 9.17) is 19.7 Å². The van der Waals surface area contributed by atoms with Crippen LogP contribution in [0.1, 0.15) is 20.3 Å². The molecule has 1 aliphatic heterocycles. The predicted molar refractivity (Wildman–Crippen MR) is 53.1 cm³/mol. The second kappa shape index (κ2) is 4.82. The maximum absolute atomic E-state index is 11.1. The molecule has 92 valence electrons. The van der Waals surface area contributed by atoms with Crippen LogP contribution in [0, 0.1) is 0 Å². The molecular formula is C10H16O6. The lowest BCUT2D eigenvalue weighted by atomic mass is 10.1. The molecule has 0 saturated carbocycles. The molecule has 0 bridgehead atoms. The molecule has 3 N–H and O–H groups in total. The lowest BCUT2D eigenvalue weighted by Gasteiger charge is -2.31. The number of esters is 1. The van der Waals surface area contributed by atoms with Gasteiger partial charge in [0.25, 0.3) is 0 Å². The third kappa shape index (κ3) is 3.48. The summed E-state index contributed by atoms with van der Waals surface area (Å²) in [5.74, 6) is -1.41. The molecule has 0 radical (unpaired) electrons. The van der Waals surface area contributed by atoms with Crippen molar-refractivity contribution in [1.29, 1.82) is 0 Å². The lowest BCUT2D eigenvalue weighted by molar-refractivity contribution is -0.207. The largest absolute Gasteiger partial charge is 0.457 e. The van der Waals surface area contributed by atoms with Gasteiger partial charge >= 0.3 is 5.97 Å². The van der Waals surface area contributed by atoms with E-state index in [0.29, 0.717) is 0 Å². The first-order chi connectivity index (χ1) is 7.34. The molecule has 0 aliphatic carbocycles. The molecule has 0 saturated heterocycles. The van der Waals surface area contributed by atoms with Gasteiger partial charge in [-0.2, -0.15) is 0 Å². The molecule has 0 fully saturated rings. The van der Waals surface area contributed by atoms with E-state index in [-0.39, 0.29) is 12.2 Å². The van der Waals surface area contributed by atoms with Crippen LogP contribution in [0.15, 0.2) is 11.8 Å². The number of rotatable bonds is 4. The van der Waals surface area contributed by atoms with Crippen LogP contribution in [0.3, 0.4) is 0 Å². The standard InChI is InChI=1S/C10H16O6/c1-10(2)15-6(4-9(14)16-10)3-7(12)8(13)5-11/h4,7-8,11-13H,3,5H2,1-2H3/t7-,8+/m0/s1. The van der Waals surface area contributed by atoms with Crippen molar-refractivity contribution in [3.63, 3.8) is 0 Å². The van der Waals surface area contributed by atoms with E-state index in [1.807, 2.05) is 0 Å². The van der Waals surface area contributed by atoms with Crippen LogP contribution in [0.4, 0.5) is 0 Å². The minimum Gasteiger partial charge on any atom is -0.457 e. The monoisotopic (exact) mass is 232 g/mol. The van der Waals surface area contributed by atoms with E-state index in [1.165, 1.54) is 0 Å². The molecule has 2 atom stereocenters. The van der Waals surface area contributed by atoms with Crippen molar-refractivity contribution in [3.05, 3.63) is 11.8 Å². The number of carbonyl (C=O) groups excluding carboxylic acids is 1. The smallest absolute Gasteiger partial charge is 0.337 e. The maximum atomic E-state index is 11.1. The Labute approximate surface area is 93.1 Å². The Hall–Kier alpha value is -1.11. The maximum Gasteiger partial charge on any atom is 0.337 e. The van der Waals surface area contributed by atoms with E-state index < -0.39 is 30.6 Å². The Morgan fingerprint density at radius 1 is 1.31 bits per heavy atom. The SMILES string of the molecule is CC1(C)OC(=O)C=C(C[C@H](O)[C@H](O)CO)O1. The molecule has 0 aromatic heterocycles. The van der Waals surface area contributed by atoms with Crippen LogP contribution >= 0.6 is 0 Å². The number of hydrogen-bond acceptors (Lipinski definition) is 6. The highest BCUT2D eigenvalue weighted by molar-refractivity contribution is 5.83. The normalized spacial score (nSPS) is 22.8. The molecule has 0 aromatic rings. The van der Waals surface area contributed by atoms with Gasteiger partial charge in [-0.3, -0.25) is 0 Å². The fourth-order valence-electron chi connectivity index (χ4n) is 1.33. The van der Waals surface area contributed by atoms with Gasteiger partial charge in [-0.25, -0.2) is 4.79 Å². The summed E-state index contributed by atoms with van der Waals surface area (Å²) >= 11 is 0. The highest BCUT2D eigenvalue weighted by atomic mass is 16.7. The number of aliphatic hydroxyl groups excluding tert-OH is 3. The topological polar surface area (TPSA) is 96.2 Å². The minimum absolute atomic E-state index is 0.0553. The van der Waals surface area contributed by atoms with Gasteiger partial charge in [0.2, 0.25) is 5.79 Å². The van der Waals surface area contributed by atoms with E-state index in [9.17, 15) is 9.90 Å².